The summed E-state index contributed by atoms with van der Waals surface area (Å²) in [6.45, 7) is 3.67. The molecule has 2 aromatic rings. The predicted octanol–water partition coefficient (Wildman–Crippen LogP) is 3.24. The summed E-state index contributed by atoms with van der Waals surface area (Å²) >= 11 is 0. The van der Waals surface area contributed by atoms with Crippen molar-refractivity contribution in [3.05, 3.63) is 46.5 Å². The van der Waals surface area contributed by atoms with Crippen molar-refractivity contribution < 1.29 is 17.9 Å². The van der Waals surface area contributed by atoms with Gasteiger partial charge >= 0.3 is 11.9 Å². The highest BCUT2D eigenvalue weighted by atomic mass is 19.4. The maximum Gasteiger partial charge on any atom is 0.431 e. The molecule has 7 heteroatoms. The molecule has 0 radical (unpaired) electrons. The van der Waals surface area contributed by atoms with Crippen molar-refractivity contribution in [3.8, 4) is 17.0 Å². The fourth-order valence-electron chi connectivity index (χ4n) is 1.76. The van der Waals surface area contributed by atoms with Crippen molar-refractivity contribution in [2.45, 2.75) is 26.1 Å². The van der Waals surface area contributed by atoms with Crippen LogP contribution in [0.4, 0.5) is 13.2 Å². The lowest BCUT2D eigenvalue weighted by molar-refractivity contribution is -0.141. The van der Waals surface area contributed by atoms with Crippen molar-refractivity contribution in [2.75, 3.05) is 0 Å². The molecule has 0 saturated carbocycles. The third-order valence-corrected chi connectivity index (χ3v) is 2.55. The van der Waals surface area contributed by atoms with Gasteiger partial charge in [0.1, 0.15) is 11.4 Å². The summed E-state index contributed by atoms with van der Waals surface area (Å²) < 4.78 is 43.5. The number of nitrogens with one attached hydrogen (secondary N) is 1. The average molecular weight is 298 g/mol. The van der Waals surface area contributed by atoms with E-state index in [4.69, 9.17) is 4.74 Å². The van der Waals surface area contributed by atoms with Crippen LogP contribution in [0.1, 0.15) is 19.5 Å². The summed E-state index contributed by atoms with van der Waals surface area (Å²) in [5.74, 6) is 0.498. The molecule has 4 nitrogen and oxygen atoms in total. The Bertz CT molecular complexity index is 693. The summed E-state index contributed by atoms with van der Waals surface area (Å²) in [7, 11) is 0. The highest BCUT2D eigenvalue weighted by Crippen LogP contribution is 2.29. The largest absolute Gasteiger partial charge is 0.491 e. The number of benzene rings is 1. The van der Waals surface area contributed by atoms with E-state index in [1.165, 1.54) is 0 Å². The molecule has 0 saturated heterocycles. The minimum absolute atomic E-state index is 0.0553. The smallest absolute Gasteiger partial charge is 0.431 e. The van der Waals surface area contributed by atoms with Crippen molar-refractivity contribution in [2.24, 2.45) is 0 Å². The van der Waals surface area contributed by atoms with Gasteiger partial charge in [-0.2, -0.15) is 18.2 Å². The molecule has 0 aliphatic heterocycles. The third-order valence-electron chi connectivity index (χ3n) is 2.55. The van der Waals surface area contributed by atoms with Crippen LogP contribution in [0.3, 0.4) is 0 Å². The summed E-state index contributed by atoms with van der Waals surface area (Å²) in [5.41, 5.74) is -1.85. The topological polar surface area (TPSA) is 55.0 Å². The summed E-state index contributed by atoms with van der Waals surface area (Å²) in [5, 5.41) is 0. The molecule has 0 aliphatic rings. The van der Waals surface area contributed by atoms with Crippen molar-refractivity contribution >= 4 is 0 Å². The first-order valence-corrected chi connectivity index (χ1v) is 6.21. The second-order valence-electron chi connectivity index (χ2n) is 4.68. The molecule has 1 aromatic carbocycles. The second kappa shape index (κ2) is 5.59. The Morgan fingerprint density at radius 2 is 1.95 bits per heavy atom. The monoisotopic (exact) mass is 298 g/mol. The highest BCUT2D eigenvalue weighted by Gasteiger charge is 2.32. The first-order chi connectivity index (χ1) is 9.75. The Hall–Kier alpha value is -2.31. The van der Waals surface area contributed by atoms with Gasteiger partial charge in [0, 0.05) is 5.56 Å². The minimum atomic E-state index is -4.64. The van der Waals surface area contributed by atoms with E-state index in [2.05, 4.69) is 4.98 Å². The van der Waals surface area contributed by atoms with E-state index in [1.54, 1.807) is 29.2 Å². The van der Waals surface area contributed by atoms with Gasteiger partial charge in [-0.25, -0.2) is 4.79 Å². The molecule has 0 unspecified atom stereocenters. The number of nitrogens with zero attached hydrogens (tertiary/aromatic N) is 1. The van der Waals surface area contributed by atoms with Crippen LogP contribution in [0.25, 0.3) is 11.3 Å². The number of H-pyrrole nitrogens is 1. The van der Waals surface area contributed by atoms with E-state index >= 15 is 0 Å². The van der Waals surface area contributed by atoms with Crippen molar-refractivity contribution in [3.63, 3.8) is 0 Å². The summed E-state index contributed by atoms with van der Waals surface area (Å²) in [6.07, 6.45) is -4.71. The molecule has 0 amide bonds. The lowest BCUT2D eigenvalue weighted by Crippen LogP contribution is -2.19. The van der Waals surface area contributed by atoms with Crippen molar-refractivity contribution in [1.82, 2.24) is 9.97 Å². The quantitative estimate of drug-likeness (QED) is 0.946. The first kappa shape index (κ1) is 15.1. The molecule has 1 heterocycles. The summed E-state index contributed by atoms with van der Waals surface area (Å²) in [4.78, 5) is 16.5. The van der Waals surface area contributed by atoms with Crippen LogP contribution >= 0.6 is 0 Å². The number of halogens is 3. The Balaban J connectivity index is 2.47. The maximum absolute atomic E-state index is 12.7. The normalized spacial score (nSPS) is 11.7. The molecule has 2 rings (SSSR count). The van der Waals surface area contributed by atoms with Gasteiger partial charge in [-0.3, -0.25) is 0 Å². The number of rotatable bonds is 3. The van der Waals surface area contributed by atoms with Crippen molar-refractivity contribution in [1.29, 1.82) is 0 Å². The number of aromatic nitrogens is 2. The van der Waals surface area contributed by atoms with Crippen LogP contribution in [0.15, 0.2) is 35.1 Å². The number of alkyl halides is 3. The molecular weight excluding hydrogens is 285 g/mol. The van der Waals surface area contributed by atoms with Crippen LogP contribution in [0.2, 0.25) is 0 Å². The standard InChI is InChI=1S/C14H13F3N2O2/c1-8(2)21-10-5-3-4-9(6-10)11-7-12(14(15,16)17)19-13(20)18-11/h3-8H,1-2H3,(H,18,19,20). The SMILES string of the molecule is CC(C)Oc1cccc(-c2cc(C(F)(F)F)[nH]c(=O)n2)c1. The number of ether oxygens (including phenoxy) is 1. The van der Waals surface area contributed by atoms with Crippen LogP contribution < -0.4 is 10.4 Å². The zero-order chi connectivity index (χ0) is 15.6. The fraction of sp³-hybridized carbons (Fsp3) is 0.286. The molecule has 0 spiro atoms. The van der Waals surface area contributed by atoms with E-state index in [9.17, 15) is 18.0 Å². The lowest BCUT2D eigenvalue weighted by Gasteiger charge is -2.11. The van der Waals surface area contributed by atoms with E-state index in [0.717, 1.165) is 6.07 Å². The lowest BCUT2D eigenvalue weighted by atomic mass is 10.1. The van der Waals surface area contributed by atoms with Crippen LogP contribution in [0.5, 0.6) is 5.75 Å². The average Bonchev–Trinajstić information content (AvgIpc) is 2.36. The molecule has 0 atom stereocenters. The van der Waals surface area contributed by atoms with Gasteiger partial charge in [-0.15, -0.1) is 0 Å². The molecule has 21 heavy (non-hydrogen) atoms. The van der Waals surface area contributed by atoms with Gasteiger partial charge in [0.25, 0.3) is 0 Å². The Labute approximate surface area is 118 Å². The molecule has 0 bridgehead atoms. The first-order valence-electron chi connectivity index (χ1n) is 6.21. The third kappa shape index (κ3) is 3.84. The Morgan fingerprint density at radius 1 is 1.24 bits per heavy atom. The molecular formula is C14H13F3N2O2. The molecule has 0 aliphatic carbocycles. The van der Waals surface area contributed by atoms with Gasteiger partial charge < -0.3 is 9.72 Å². The molecule has 112 valence electrons. The molecule has 0 fully saturated rings. The highest BCUT2D eigenvalue weighted by molar-refractivity contribution is 5.61. The van der Waals surface area contributed by atoms with Gasteiger partial charge in [0.15, 0.2) is 0 Å². The minimum Gasteiger partial charge on any atom is -0.491 e. The number of hydrogen-bond donors (Lipinski definition) is 1. The van der Waals surface area contributed by atoms with Gasteiger partial charge in [0.2, 0.25) is 0 Å². The van der Waals surface area contributed by atoms with E-state index in [0.29, 0.717) is 11.3 Å². The van der Waals surface area contributed by atoms with Gasteiger partial charge in [0.05, 0.1) is 11.8 Å². The van der Waals surface area contributed by atoms with E-state index < -0.39 is 17.6 Å². The van der Waals surface area contributed by atoms with E-state index in [1.807, 2.05) is 13.8 Å². The van der Waals surface area contributed by atoms with Crippen LogP contribution in [0, 0.1) is 0 Å². The van der Waals surface area contributed by atoms with Crippen LogP contribution in [-0.4, -0.2) is 16.1 Å². The molecule has 1 N–H and O–H groups in total. The number of aromatic amines is 1. The maximum atomic E-state index is 12.7. The van der Waals surface area contributed by atoms with E-state index in [-0.39, 0.29) is 11.8 Å². The van der Waals surface area contributed by atoms with Crippen LogP contribution in [-0.2, 0) is 6.18 Å². The predicted molar refractivity (Wildman–Crippen MR) is 71.1 cm³/mol. The van der Waals surface area contributed by atoms with Gasteiger partial charge in [-0.05, 0) is 32.0 Å². The zero-order valence-corrected chi connectivity index (χ0v) is 11.4. The Morgan fingerprint density at radius 3 is 2.57 bits per heavy atom. The van der Waals surface area contributed by atoms with Gasteiger partial charge in [-0.1, -0.05) is 12.1 Å². The fourth-order valence-corrected chi connectivity index (χ4v) is 1.76. The zero-order valence-electron chi connectivity index (χ0n) is 11.4. The summed E-state index contributed by atoms with van der Waals surface area (Å²) in [6, 6.07) is 7.22. The number of hydrogen-bond acceptors (Lipinski definition) is 3. The molecule has 1 aromatic heterocycles. The Kier molecular flexibility index (Phi) is 4.02. The second-order valence-corrected chi connectivity index (χ2v) is 4.68.